The molecule has 0 aromatic rings. The van der Waals surface area contributed by atoms with E-state index in [-0.39, 0.29) is 11.6 Å². The summed E-state index contributed by atoms with van der Waals surface area (Å²) in [6.45, 7) is 2.13. The summed E-state index contributed by atoms with van der Waals surface area (Å²) in [6.07, 6.45) is 14.6. The molecule has 0 radical (unpaired) electrons. The van der Waals surface area contributed by atoms with Crippen LogP contribution in [-0.4, -0.2) is 11.6 Å². The third-order valence-corrected chi connectivity index (χ3v) is 3.58. The van der Waals surface area contributed by atoms with E-state index in [9.17, 15) is 0 Å². The minimum absolute atomic E-state index is 0.0768. The molecule has 0 aromatic carbocycles. The Hall–Kier alpha value is -1.28. The highest BCUT2D eigenvalue weighted by Gasteiger charge is 2.50. The van der Waals surface area contributed by atoms with E-state index in [4.69, 9.17) is 10.5 Å². The Balaban J connectivity index is 2.05. The van der Waals surface area contributed by atoms with E-state index in [1.54, 1.807) is 0 Å². The van der Waals surface area contributed by atoms with Crippen molar-refractivity contribution < 1.29 is 4.74 Å². The lowest BCUT2D eigenvalue weighted by Crippen LogP contribution is -2.38. The molecule has 0 aromatic heterocycles. The molecule has 4 unspecified atom stereocenters. The summed E-state index contributed by atoms with van der Waals surface area (Å²) < 4.78 is 6.02. The molecule has 2 aliphatic carbocycles. The lowest BCUT2D eigenvalue weighted by atomic mass is 9.75. The summed E-state index contributed by atoms with van der Waals surface area (Å²) in [4.78, 5) is 0. The Labute approximate surface area is 89.8 Å². The molecule has 78 valence electrons. The number of hydrogen-bond donors (Lipinski definition) is 1. The van der Waals surface area contributed by atoms with Crippen LogP contribution in [0, 0.1) is 11.8 Å². The van der Waals surface area contributed by atoms with E-state index in [1.165, 1.54) is 0 Å². The average Bonchev–Trinajstić information content (AvgIpc) is 2.51. The third kappa shape index (κ3) is 1.15. The van der Waals surface area contributed by atoms with E-state index in [0.717, 1.165) is 5.76 Å². The smallest absolute Gasteiger partial charge is 0.131 e. The molecule has 0 amide bonds. The van der Waals surface area contributed by atoms with Crippen LogP contribution >= 0.6 is 0 Å². The fourth-order valence-electron chi connectivity index (χ4n) is 2.78. The van der Waals surface area contributed by atoms with Crippen molar-refractivity contribution in [2.45, 2.75) is 18.6 Å². The maximum Gasteiger partial charge on any atom is 0.131 e. The first-order valence-corrected chi connectivity index (χ1v) is 5.40. The first kappa shape index (κ1) is 8.98. The standard InChI is InChI=1S/C13H15NO/c1-13-8-3-2-5-9(13)12-10(14)6-4-7-11(12)15-13/h2-10,12H,14H2,1H3. The summed E-state index contributed by atoms with van der Waals surface area (Å²) in [5.74, 6) is 1.71. The van der Waals surface area contributed by atoms with E-state index >= 15 is 0 Å². The molecule has 4 atom stereocenters. The first-order valence-electron chi connectivity index (χ1n) is 5.40. The zero-order valence-electron chi connectivity index (χ0n) is 8.76. The second-order valence-electron chi connectivity index (χ2n) is 4.61. The van der Waals surface area contributed by atoms with Crippen molar-refractivity contribution in [1.82, 2.24) is 0 Å². The van der Waals surface area contributed by atoms with Crippen molar-refractivity contribution in [2.24, 2.45) is 17.6 Å². The molecule has 0 spiro atoms. The van der Waals surface area contributed by atoms with Crippen LogP contribution in [-0.2, 0) is 4.74 Å². The highest BCUT2D eigenvalue weighted by atomic mass is 16.5. The monoisotopic (exact) mass is 201 g/mol. The zero-order chi connectivity index (χ0) is 10.5. The van der Waals surface area contributed by atoms with E-state index in [2.05, 4.69) is 31.2 Å². The predicted molar refractivity (Wildman–Crippen MR) is 59.9 cm³/mol. The molecular formula is C13H15NO. The van der Waals surface area contributed by atoms with Crippen molar-refractivity contribution in [3.63, 3.8) is 0 Å². The highest BCUT2D eigenvalue weighted by molar-refractivity contribution is 5.35. The molecule has 0 bridgehead atoms. The average molecular weight is 201 g/mol. The number of fused-ring (bicyclic) bond motifs is 3. The van der Waals surface area contributed by atoms with Gasteiger partial charge in [0.2, 0.25) is 0 Å². The molecule has 1 heterocycles. The van der Waals surface area contributed by atoms with Gasteiger partial charge in [0.1, 0.15) is 11.4 Å². The lowest BCUT2D eigenvalue weighted by Gasteiger charge is -2.29. The highest BCUT2D eigenvalue weighted by Crippen LogP contribution is 2.48. The number of hydrogen-bond acceptors (Lipinski definition) is 2. The van der Waals surface area contributed by atoms with Crippen LogP contribution in [0.4, 0.5) is 0 Å². The number of rotatable bonds is 0. The molecular weight excluding hydrogens is 186 g/mol. The van der Waals surface area contributed by atoms with Gasteiger partial charge in [0.25, 0.3) is 0 Å². The van der Waals surface area contributed by atoms with Gasteiger partial charge in [0.05, 0.1) is 0 Å². The van der Waals surface area contributed by atoms with Crippen molar-refractivity contribution >= 4 is 0 Å². The van der Waals surface area contributed by atoms with Crippen LogP contribution in [0.15, 0.2) is 48.3 Å². The van der Waals surface area contributed by atoms with Gasteiger partial charge in [-0.15, -0.1) is 0 Å². The molecule has 3 aliphatic rings. The number of allylic oxidation sites excluding steroid dienone is 4. The van der Waals surface area contributed by atoms with E-state index in [0.29, 0.717) is 11.8 Å². The van der Waals surface area contributed by atoms with E-state index in [1.807, 2.05) is 18.2 Å². The Kier molecular flexibility index (Phi) is 1.71. The van der Waals surface area contributed by atoms with Gasteiger partial charge in [-0.05, 0) is 19.1 Å². The fourth-order valence-corrected chi connectivity index (χ4v) is 2.78. The van der Waals surface area contributed by atoms with Crippen molar-refractivity contribution in [3.8, 4) is 0 Å². The predicted octanol–water partition coefficient (Wildman–Crippen LogP) is 1.91. The fraction of sp³-hybridized carbons (Fsp3) is 0.385. The van der Waals surface area contributed by atoms with Gasteiger partial charge in [-0.3, -0.25) is 0 Å². The van der Waals surface area contributed by atoms with Gasteiger partial charge in [0, 0.05) is 17.9 Å². The van der Waals surface area contributed by atoms with Crippen LogP contribution in [0.1, 0.15) is 6.92 Å². The maximum atomic E-state index is 6.12. The molecule has 1 aliphatic heterocycles. The summed E-state index contributed by atoms with van der Waals surface area (Å²) >= 11 is 0. The van der Waals surface area contributed by atoms with Gasteiger partial charge in [-0.2, -0.15) is 0 Å². The minimum atomic E-state index is -0.200. The molecule has 2 nitrogen and oxygen atoms in total. The molecule has 2 heteroatoms. The van der Waals surface area contributed by atoms with Crippen LogP contribution in [0.5, 0.6) is 0 Å². The molecule has 2 N–H and O–H groups in total. The summed E-state index contributed by atoms with van der Waals surface area (Å²) in [7, 11) is 0. The van der Waals surface area contributed by atoms with Gasteiger partial charge in [0.15, 0.2) is 0 Å². The van der Waals surface area contributed by atoms with Gasteiger partial charge >= 0.3 is 0 Å². The number of nitrogens with two attached hydrogens (primary N) is 1. The summed E-state index contributed by atoms with van der Waals surface area (Å²) in [6, 6.07) is 0.0768. The van der Waals surface area contributed by atoms with Gasteiger partial charge in [-0.25, -0.2) is 0 Å². The van der Waals surface area contributed by atoms with Gasteiger partial charge in [-0.1, -0.05) is 30.4 Å². The zero-order valence-corrected chi connectivity index (χ0v) is 8.76. The molecule has 1 fully saturated rings. The SMILES string of the molecule is CC12C=CC=CC1C1C(=CC=CC1N)O2. The number of ether oxygens (including phenoxy) is 1. The Bertz CT molecular complexity index is 405. The van der Waals surface area contributed by atoms with Crippen LogP contribution in [0.25, 0.3) is 0 Å². The molecule has 15 heavy (non-hydrogen) atoms. The quantitative estimate of drug-likeness (QED) is 0.649. The van der Waals surface area contributed by atoms with Crippen molar-refractivity contribution in [2.75, 3.05) is 0 Å². The van der Waals surface area contributed by atoms with Crippen LogP contribution in [0.2, 0.25) is 0 Å². The Morgan fingerprint density at radius 2 is 2.13 bits per heavy atom. The van der Waals surface area contributed by atoms with Crippen molar-refractivity contribution in [1.29, 1.82) is 0 Å². The third-order valence-electron chi connectivity index (χ3n) is 3.58. The second-order valence-corrected chi connectivity index (χ2v) is 4.61. The van der Waals surface area contributed by atoms with Crippen LogP contribution < -0.4 is 5.73 Å². The second kappa shape index (κ2) is 2.86. The lowest BCUT2D eigenvalue weighted by molar-refractivity contribution is 0.0832. The minimum Gasteiger partial charge on any atom is -0.487 e. The Morgan fingerprint density at radius 3 is 3.00 bits per heavy atom. The van der Waals surface area contributed by atoms with Crippen LogP contribution in [0.3, 0.4) is 0 Å². The summed E-state index contributed by atoms with van der Waals surface area (Å²) in [5, 5.41) is 0. The van der Waals surface area contributed by atoms with Gasteiger partial charge < -0.3 is 10.5 Å². The molecule has 3 rings (SSSR count). The largest absolute Gasteiger partial charge is 0.487 e. The normalized spacial score (nSPS) is 45.7. The summed E-state index contributed by atoms with van der Waals surface area (Å²) in [5.41, 5.74) is 5.92. The molecule has 1 saturated heterocycles. The maximum absolute atomic E-state index is 6.12. The van der Waals surface area contributed by atoms with Crippen molar-refractivity contribution in [3.05, 3.63) is 48.3 Å². The molecule has 0 saturated carbocycles. The Morgan fingerprint density at radius 1 is 1.27 bits per heavy atom. The first-order chi connectivity index (χ1) is 7.21. The van der Waals surface area contributed by atoms with E-state index < -0.39 is 0 Å². The topological polar surface area (TPSA) is 35.2 Å².